The Hall–Kier alpha value is -2.69. The zero-order valence-electron chi connectivity index (χ0n) is 10.6. The molecule has 0 aromatic heterocycles. The van der Waals surface area contributed by atoms with Gasteiger partial charge in [0.15, 0.2) is 0 Å². The molecule has 0 aliphatic carbocycles. The van der Waals surface area contributed by atoms with Crippen LogP contribution in [-0.4, -0.2) is 22.2 Å². The van der Waals surface area contributed by atoms with Crippen molar-refractivity contribution in [1.29, 1.82) is 0 Å². The normalized spacial score (nSPS) is 10.3. The Morgan fingerprint density at radius 3 is 2.00 bits per heavy atom. The van der Waals surface area contributed by atoms with Crippen LogP contribution in [0.1, 0.15) is 26.3 Å². The summed E-state index contributed by atoms with van der Waals surface area (Å²) in [5.41, 5.74) is 1.24. The van der Waals surface area contributed by atoms with Gasteiger partial charge in [0.05, 0.1) is 11.1 Å². The summed E-state index contributed by atoms with van der Waals surface area (Å²) in [5.74, 6) is -2.77. The third-order valence-corrected chi connectivity index (χ3v) is 2.98. The van der Waals surface area contributed by atoms with E-state index in [4.69, 9.17) is 10.2 Å². The lowest BCUT2D eigenvalue weighted by molar-refractivity contribution is 0.0686. The number of carboxylic acids is 2. The largest absolute Gasteiger partial charge is 0.478 e. The molecule has 0 spiro atoms. The van der Waals surface area contributed by atoms with Gasteiger partial charge in [-0.1, -0.05) is 6.07 Å². The molecule has 2 aromatic carbocycles. The average molecular weight is 274 g/mol. The molecule has 2 aromatic rings. The van der Waals surface area contributed by atoms with Crippen LogP contribution in [0.15, 0.2) is 36.4 Å². The molecular weight excluding hydrogens is 263 g/mol. The van der Waals surface area contributed by atoms with Crippen molar-refractivity contribution in [3.05, 3.63) is 58.9 Å². The van der Waals surface area contributed by atoms with E-state index in [1.807, 2.05) is 0 Å². The highest BCUT2D eigenvalue weighted by Crippen LogP contribution is 2.28. The van der Waals surface area contributed by atoms with Crippen LogP contribution in [0, 0.1) is 12.7 Å². The Labute approximate surface area is 114 Å². The number of hydrogen-bond acceptors (Lipinski definition) is 2. The molecule has 5 heteroatoms. The summed E-state index contributed by atoms with van der Waals surface area (Å²) in [6.45, 7) is 1.65. The summed E-state index contributed by atoms with van der Waals surface area (Å²) in [6, 6.07) is 7.76. The summed E-state index contributed by atoms with van der Waals surface area (Å²) in [6.07, 6.45) is 0. The van der Waals surface area contributed by atoms with Crippen LogP contribution in [0.2, 0.25) is 0 Å². The Morgan fingerprint density at radius 1 is 0.900 bits per heavy atom. The molecule has 0 bridgehead atoms. The second-order valence-electron chi connectivity index (χ2n) is 4.33. The van der Waals surface area contributed by atoms with E-state index in [1.165, 1.54) is 30.3 Å². The number of hydrogen-bond donors (Lipinski definition) is 2. The average Bonchev–Trinajstić information content (AvgIpc) is 2.39. The van der Waals surface area contributed by atoms with E-state index in [9.17, 15) is 14.0 Å². The highest BCUT2D eigenvalue weighted by molar-refractivity contribution is 5.91. The lowest BCUT2D eigenvalue weighted by Crippen LogP contribution is -2.00. The number of benzene rings is 2. The van der Waals surface area contributed by atoms with Crippen LogP contribution in [0.5, 0.6) is 0 Å². The van der Waals surface area contributed by atoms with E-state index in [1.54, 1.807) is 6.92 Å². The van der Waals surface area contributed by atoms with E-state index < -0.39 is 17.8 Å². The van der Waals surface area contributed by atoms with Gasteiger partial charge in [0.25, 0.3) is 0 Å². The van der Waals surface area contributed by atoms with Crippen molar-refractivity contribution in [2.75, 3.05) is 0 Å². The fraction of sp³-hybridized carbons (Fsp3) is 0.0667. The van der Waals surface area contributed by atoms with Crippen molar-refractivity contribution in [2.24, 2.45) is 0 Å². The van der Waals surface area contributed by atoms with Crippen LogP contribution in [0.25, 0.3) is 11.1 Å². The van der Waals surface area contributed by atoms with E-state index in [0.29, 0.717) is 11.1 Å². The molecule has 0 saturated carbocycles. The molecular formula is C15H11FO4. The van der Waals surface area contributed by atoms with E-state index in [2.05, 4.69) is 0 Å². The van der Waals surface area contributed by atoms with Crippen molar-refractivity contribution in [3.63, 3.8) is 0 Å². The zero-order valence-corrected chi connectivity index (χ0v) is 10.6. The van der Waals surface area contributed by atoms with Gasteiger partial charge in [0.2, 0.25) is 0 Å². The summed E-state index contributed by atoms with van der Waals surface area (Å²) in [5, 5.41) is 17.8. The number of carboxylic acid groups (broad SMARTS) is 2. The zero-order chi connectivity index (χ0) is 14.9. The number of rotatable bonds is 3. The topological polar surface area (TPSA) is 74.6 Å². The van der Waals surface area contributed by atoms with Crippen molar-refractivity contribution in [1.82, 2.24) is 0 Å². The van der Waals surface area contributed by atoms with Gasteiger partial charge in [0.1, 0.15) is 5.82 Å². The molecule has 0 saturated heterocycles. The number of aryl methyl sites for hydroxylation is 1. The molecule has 0 radical (unpaired) electrons. The molecule has 0 fully saturated rings. The first-order valence-electron chi connectivity index (χ1n) is 5.77. The first-order chi connectivity index (χ1) is 9.40. The highest BCUT2D eigenvalue weighted by Gasteiger charge is 2.13. The van der Waals surface area contributed by atoms with Crippen LogP contribution in [0.3, 0.4) is 0 Å². The van der Waals surface area contributed by atoms with Crippen molar-refractivity contribution < 1.29 is 24.2 Å². The molecule has 0 aliphatic rings. The molecule has 20 heavy (non-hydrogen) atoms. The van der Waals surface area contributed by atoms with Gasteiger partial charge < -0.3 is 10.2 Å². The minimum atomic E-state index is -1.15. The van der Waals surface area contributed by atoms with Gasteiger partial charge in [0, 0.05) is 5.56 Å². The van der Waals surface area contributed by atoms with Crippen LogP contribution >= 0.6 is 0 Å². The van der Waals surface area contributed by atoms with Crippen LogP contribution in [0.4, 0.5) is 4.39 Å². The van der Waals surface area contributed by atoms with Gasteiger partial charge in [-0.2, -0.15) is 0 Å². The van der Waals surface area contributed by atoms with Crippen molar-refractivity contribution >= 4 is 11.9 Å². The molecule has 0 atom stereocenters. The lowest BCUT2D eigenvalue weighted by atomic mass is 9.96. The Kier molecular flexibility index (Phi) is 3.52. The first-order valence-corrected chi connectivity index (χ1v) is 5.77. The maximum absolute atomic E-state index is 13.8. The third kappa shape index (κ3) is 2.51. The van der Waals surface area contributed by atoms with E-state index in [-0.39, 0.29) is 16.7 Å². The van der Waals surface area contributed by atoms with Gasteiger partial charge in [-0.25, -0.2) is 14.0 Å². The van der Waals surface area contributed by atoms with Crippen LogP contribution < -0.4 is 0 Å². The Balaban J connectivity index is 2.59. The smallest absolute Gasteiger partial charge is 0.335 e. The minimum Gasteiger partial charge on any atom is -0.478 e. The highest BCUT2D eigenvalue weighted by atomic mass is 19.1. The SMILES string of the molecule is Cc1cc(C(=O)O)ccc1-c1cc(C(=O)O)ccc1F. The first kappa shape index (κ1) is 13.7. The van der Waals surface area contributed by atoms with Gasteiger partial charge in [-0.15, -0.1) is 0 Å². The second-order valence-corrected chi connectivity index (χ2v) is 4.33. The second kappa shape index (κ2) is 5.13. The predicted octanol–water partition coefficient (Wildman–Crippen LogP) is 3.20. The van der Waals surface area contributed by atoms with Crippen molar-refractivity contribution in [2.45, 2.75) is 6.92 Å². The number of halogens is 1. The predicted molar refractivity (Wildman–Crippen MR) is 70.5 cm³/mol. The van der Waals surface area contributed by atoms with Crippen LogP contribution in [-0.2, 0) is 0 Å². The fourth-order valence-corrected chi connectivity index (χ4v) is 1.96. The molecule has 102 valence electrons. The molecule has 0 aliphatic heterocycles. The molecule has 0 heterocycles. The molecule has 4 nitrogen and oxygen atoms in total. The van der Waals surface area contributed by atoms with Gasteiger partial charge in [-0.3, -0.25) is 0 Å². The Bertz CT molecular complexity index is 707. The van der Waals surface area contributed by atoms with E-state index >= 15 is 0 Å². The summed E-state index contributed by atoms with van der Waals surface area (Å²) >= 11 is 0. The molecule has 0 amide bonds. The minimum absolute atomic E-state index is 0.0249. The standard InChI is InChI=1S/C15H11FO4/c1-8-6-9(14(17)18)2-4-11(8)12-7-10(15(19)20)3-5-13(12)16/h2-7H,1H3,(H,17,18)(H,19,20). The summed E-state index contributed by atoms with van der Waals surface area (Å²) < 4.78 is 13.8. The van der Waals surface area contributed by atoms with Crippen molar-refractivity contribution in [3.8, 4) is 11.1 Å². The fourth-order valence-electron chi connectivity index (χ4n) is 1.96. The Morgan fingerprint density at radius 2 is 1.45 bits per heavy atom. The monoisotopic (exact) mass is 274 g/mol. The van der Waals surface area contributed by atoms with Gasteiger partial charge in [-0.05, 0) is 48.4 Å². The maximum atomic E-state index is 13.8. The number of carbonyl (C=O) groups is 2. The van der Waals surface area contributed by atoms with E-state index in [0.717, 1.165) is 6.07 Å². The maximum Gasteiger partial charge on any atom is 0.335 e. The number of aromatic carboxylic acids is 2. The molecule has 2 rings (SSSR count). The third-order valence-electron chi connectivity index (χ3n) is 2.98. The van der Waals surface area contributed by atoms with Gasteiger partial charge >= 0.3 is 11.9 Å². The lowest BCUT2D eigenvalue weighted by Gasteiger charge is -2.09. The summed E-state index contributed by atoms with van der Waals surface area (Å²) in [7, 11) is 0. The molecule has 0 unspecified atom stereocenters. The quantitative estimate of drug-likeness (QED) is 0.901. The summed E-state index contributed by atoms with van der Waals surface area (Å²) in [4.78, 5) is 21.8. The molecule has 2 N–H and O–H groups in total.